The molecule has 0 amide bonds. The average molecular weight is 357 g/mol. The van der Waals surface area contributed by atoms with Crippen molar-refractivity contribution < 1.29 is 0 Å². The first-order valence-electron chi connectivity index (χ1n) is 8.69. The van der Waals surface area contributed by atoms with Gasteiger partial charge in [-0.2, -0.15) is 0 Å². The Bertz CT molecular complexity index is 568. The van der Waals surface area contributed by atoms with Crippen molar-refractivity contribution >= 4 is 34.6 Å². The van der Waals surface area contributed by atoms with Gasteiger partial charge in [-0.1, -0.05) is 117 Å². The molecule has 23 heavy (non-hydrogen) atoms. The summed E-state index contributed by atoms with van der Waals surface area (Å²) >= 11 is 0. The molecule has 0 aromatic heterocycles. The third-order valence-corrected chi connectivity index (χ3v) is 26.6. The van der Waals surface area contributed by atoms with Crippen molar-refractivity contribution in [3.05, 3.63) is 60.7 Å². The molecule has 0 heterocycles. The first kappa shape index (κ1) is 18.4. The predicted molar refractivity (Wildman–Crippen MR) is 114 cm³/mol. The fourth-order valence-corrected chi connectivity index (χ4v) is 34.1. The predicted octanol–water partition coefficient (Wildman–Crippen LogP) is 5.00. The van der Waals surface area contributed by atoms with E-state index in [-0.39, 0.29) is 0 Å². The van der Waals surface area contributed by atoms with Gasteiger partial charge in [0.15, 0.2) is 0 Å². The van der Waals surface area contributed by atoms with Gasteiger partial charge in [-0.05, 0) is 4.79 Å². The van der Waals surface area contributed by atoms with Gasteiger partial charge in [0.05, 0.1) is 0 Å². The molecule has 0 nitrogen and oxygen atoms in total. The van der Waals surface area contributed by atoms with Gasteiger partial charge in [-0.15, -0.1) is 0 Å². The molecular weight excluding hydrogens is 324 g/mol. The Morgan fingerprint density at radius 3 is 1.09 bits per heavy atom. The summed E-state index contributed by atoms with van der Waals surface area (Å²) in [6.45, 7) is 18.2. The van der Waals surface area contributed by atoms with E-state index < -0.39 is 24.2 Å². The second-order valence-electron chi connectivity index (χ2n) is 9.10. The van der Waals surface area contributed by atoms with Gasteiger partial charge in [-0.3, -0.25) is 0 Å². The molecule has 0 fully saturated rings. The number of hydrogen-bond donors (Lipinski definition) is 0. The average Bonchev–Trinajstić information content (AvgIpc) is 2.46. The second kappa shape index (κ2) is 6.54. The maximum Gasteiger partial charge on any atom is 0.113 e. The first-order chi connectivity index (χ1) is 10.6. The Hall–Kier alpha value is -0.909. The number of benzene rings is 2. The monoisotopic (exact) mass is 356 g/mol. The van der Waals surface area contributed by atoms with Crippen molar-refractivity contribution in [3.8, 4) is 0 Å². The standard InChI is InChI=1S/C20H32Si3/c1-21(2,3)20(22(4,5)6)23(7,18-14-10-8-11-15-18)19-16-12-9-13-17-19/h8-17,20H,1-7H3. The van der Waals surface area contributed by atoms with E-state index in [1.165, 1.54) is 0 Å². The Morgan fingerprint density at radius 2 is 0.826 bits per heavy atom. The van der Waals surface area contributed by atoms with Crippen LogP contribution in [0.25, 0.3) is 0 Å². The van der Waals surface area contributed by atoms with Crippen LogP contribution in [0.1, 0.15) is 0 Å². The lowest BCUT2D eigenvalue weighted by Gasteiger charge is -2.50. The molecule has 0 bridgehead atoms. The van der Waals surface area contributed by atoms with Crippen molar-refractivity contribution in [2.24, 2.45) is 0 Å². The minimum atomic E-state index is -1.78. The molecule has 2 aromatic rings. The summed E-state index contributed by atoms with van der Waals surface area (Å²) in [5, 5.41) is 3.22. The SMILES string of the molecule is C[Si](C)(C)C([Si](C)(C)C)[Si](C)(c1ccccc1)c1ccccc1. The highest BCUT2D eigenvalue weighted by Gasteiger charge is 2.52. The molecule has 0 saturated carbocycles. The van der Waals surface area contributed by atoms with E-state index in [1.54, 1.807) is 10.4 Å². The Kier molecular flexibility index (Phi) is 5.24. The van der Waals surface area contributed by atoms with Crippen LogP contribution < -0.4 is 10.4 Å². The van der Waals surface area contributed by atoms with Crippen molar-refractivity contribution in [3.63, 3.8) is 0 Å². The second-order valence-corrected chi connectivity index (χ2v) is 25.6. The summed E-state index contributed by atoms with van der Waals surface area (Å²) in [5.74, 6) is 0. The van der Waals surface area contributed by atoms with Gasteiger partial charge in [-0.25, -0.2) is 0 Å². The smallest absolute Gasteiger partial charge is 0.0697 e. The maximum absolute atomic E-state index is 2.64. The molecule has 0 spiro atoms. The maximum atomic E-state index is 2.64. The van der Waals surface area contributed by atoms with E-state index in [2.05, 4.69) is 106 Å². The topological polar surface area (TPSA) is 0 Å². The summed E-state index contributed by atoms with van der Waals surface area (Å²) in [4.78, 5) is 0.910. The molecular formula is C20H32Si3. The van der Waals surface area contributed by atoms with E-state index in [4.69, 9.17) is 0 Å². The molecule has 0 radical (unpaired) electrons. The highest BCUT2D eigenvalue weighted by molar-refractivity contribution is 7.21. The third kappa shape index (κ3) is 3.78. The van der Waals surface area contributed by atoms with Crippen molar-refractivity contribution in [1.82, 2.24) is 0 Å². The van der Waals surface area contributed by atoms with E-state index in [9.17, 15) is 0 Å². The molecule has 0 aliphatic rings. The van der Waals surface area contributed by atoms with Gasteiger partial charge < -0.3 is 0 Å². The molecule has 0 N–H and O–H groups in total. The van der Waals surface area contributed by atoms with Gasteiger partial charge >= 0.3 is 0 Å². The van der Waals surface area contributed by atoms with Gasteiger partial charge in [0.2, 0.25) is 0 Å². The lowest BCUT2D eigenvalue weighted by atomic mass is 10.4. The van der Waals surface area contributed by atoms with Crippen LogP contribution in [0.2, 0.25) is 50.6 Å². The molecule has 0 unspecified atom stereocenters. The summed E-state index contributed by atoms with van der Waals surface area (Å²) in [6, 6.07) is 22.8. The molecule has 0 aliphatic carbocycles. The van der Waals surface area contributed by atoms with E-state index in [0.29, 0.717) is 0 Å². The quantitative estimate of drug-likeness (QED) is 0.661. The zero-order valence-electron chi connectivity index (χ0n) is 15.9. The molecule has 2 aromatic carbocycles. The van der Waals surface area contributed by atoms with Crippen molar-refractivity contribution in [2.75, 3.05) is 0 Å². The normalized spacial score (nSPS) is 13.4. The van der Waals surface area contributed by atoms with Crippen LogP contribution in [-0.4, -0.2) is 24.2 Å². The highest BCUT2D eigenvalue weighted by Crippen LogP contribution is 2.39. The van der Waals surface area contributed by atoms with Crippen LogP contribution in [0, 0.1) is 0 Å². The molecule has 0 saturated heterocycles. The molecule has 124 valence electrons. The lowest BCUT2D eigenvalue weighted by Crippen LogP contribution is -2.69. The summed E-state index contributed by atoms with van der Waals surface area (Å²) in [6.07, 6.45) is 0. The number of hydrogen-bond acceptors (Lipinski definition) is 0. The molecule has 2 rings (SSSR count). The summed E-state index contributed by atoms with van der Waals surface area (Å²) in [7, 11) is -4.38. The van der Waals surface area contributed by atoms with E-state index in [1.807, 2.05) is 0 Å². The zero-order chi connectivity index (χ0) is 17.3. The van der Waals surface area contributed by atoms with Crippen LogP contribution in [0.15, 0.2) is 60.7 Å². The minimum absolute atomic E-state index is 0.910. The highest BCUT2D eigenvalue weighted by atomic mass is 28.5. The van der Waals surface area contributed by atoms with Crippen molar-refractivity contribution in [2.45, 2.75) is 50.6 Å². The fraction of sp³-hybridized carbons (Fsp3) is 0.400. The van der Waals surface area contributed by atoms with Crippen LogP contribution in [0.3, 0.4) is 0 Å². The zero-order valence-corrected chi connectivity index (χ0v) is 18.9. The summed E-state index contributed by atoms with van der Waals surface area (Å²) in [5.41, 5.74) is 0. The van der Waals surface area contributed by atoms with E-state index in [0.717, 1.165) is 4.79 Å². The van der Waals surface area contributed by atoms with E-state index >= 15 is 0 Å². The minimum Gasteiger partial charge on any atom is -0.0697 e. The van der Waals surface area contributed by atoms with Crippen LogP contribution in [0.4, 0.5) is 0 Å². The van der Waals surface area contributed by atoms with Crippen LogP contribution in [-0.2, 0) is 0 Å². The largest absolute Gasteiger partial charge is 0.113 e. The van der Waals surface area contributed by atoms with Crippen molar-refractivity contribution in [1.29, 1.82) is 0 Å². The Labute approximate surface area is 146 Å². The number of rotatable bonds is 5. The molecule has 3 heteroatoms. The first-order valence-corrected chi connectivity index (χ1v) is 18.4. The summed E-state index contributed by atoms with van der Waals surface area (Å²) < 4.78 is 0. The van der Waals surface area contributed by atoms with Crippen LogP contribution in [0.5, 0.6) is 0 Å². The fourth-order valence-electron chi connectivity index (χ4n) is 5.10. The van der Waals surface area contributed by atoms with Gasteiger partial charge in [0.25, 0.3) is 0 Å². The van der Waals surface area contributed by atoms with Crippen LogP contribution >= 0.6 is 0 Å². The van der Waals surface area contributed by atoms with Gasteiger partial charge in [0, 0.05) is 16.1 Å². The lowest BCUT2D eigenvalue weighted by molar-refractivity contribution is 1.36. The Balaban J connectivity index is 2.77. The Morgan fingerprint density at radius 1 is 0.522 bits per heavy atom. The van der Waals surface area contributed by atoms with Gasteiger partial charge in [0.1, 0.15) is 8.07 Å². The molecule has 0 atom stereocenters. The third-order valence-electron chi connectivity index (χ3n) is 5.06. The molecule has 0 aliphatic heterocycles.